The average Bonchev–Trinajstić information content (AvgIpc) is 3.20. The van der Waals surface area contributed by atoms with Crippen LogP contribution in [-0.2, 0) is 27.9 Å². The minimum Gasteiger partial charge on any atom is -0.457 e. The summed E-state index contributed by atoms with van der Waals surface area (Å²) in [6, 6.07) is 0. The number of allylic oxidation sites excluding steroid dienone is 16. The van der Waals surface area contributed by atoms with Crippen molar-refractivity contribution >= 4 is 13.8 Å². The minimum absolute atomic E-state index is 0.0761. The number of hydrogen-bond acceptors (Lipinski definition) is 6. The van der Waals surface area contributed by atoms with Crippen LogP contribution in [0.15, 0.2) is 97.2 Å². The quantitative estimate of drug-likeness (QED) is 0.0215. The fraction of sp³-hybridized carbons (Fsp3) is 0.667. The van der Waals surface area contributed by atoms with Crippen molar-refractivity contribution in [2.24, 2.45) is 0 Å². The SMILES string of the molecule is CC/C=C\C/C=C\C/C=C\C/C=C\C/C=C\C/C=C\C/C=C\CCCCCCOCC(COP(=O)(O)OCC[N+](C)(C)C)OC(=O)CCCCCCC/C=C\CCCCC. The van der Waals surface area contributed by atoms with Crippen LogP contribution in [0.5, 0.6) is 0 Å². The summed E-state index contributed by atoms with van der Waals surface area (Å²) in [7, 11) is 1.63. The molecular formula is C51H89NO7P+. The topological polar surface area (TPSA) is 91.3 Å². The van der Waals surface area contributed by atoms with E-state index in [2.05, 4.69) is 111 Å². The summed E-state index contributed by atoms with van der Waals surface area (Å²) in [6.07, 6.45) is 58.8. The highest BCUT2D eigenvalue weighted by molar-refractivity contribution is 7.47. The van der Waals surface area contributed by atoms with Crippen LogP contribution >= 0.6 is 7.82 Å². The molecule has 0 fully saturated rings. The standard InChI is InChI=1S/C51H88NO7P/c1-6-8-10-12-14-16-18-20-21-22-23-24-25-26-27-28-29-30-31-32-33-35-37-39-41-43-46-56-48-50(49-58-60(54,55)57-47-45-52(3,4)5)59-51(53)44-42-40-38-36-34-19-17-15-13-11-9-7-2/h8,10,14-17,20-21,23-24,26-27,29-30,32-33,50H,6-7,9,11-13,18-19,22,25,28,31,34-49H2,1-5H3/p+1/b10-8-,16-14-,17-15-,21-20-,24-23-,27-26-,30-29-,33-32-. The summed E-state index contributed by atoms with van der Waals surface area (Å²) in [5, 5.41) is 0. The van der Waals surface area contributed by atoms with E-state index < -0.39 is 13.9 Å². The van der Waals surface area contributed by atoms with E-state index in [1.165, 1.54) is 32.1 Å². The van der Waals surface area contributed by atoms with Gasteiger partial charge in [0.05, 0.1) is 34.4 Å². The number of esters is 1. The number of unbranched alkanes of at least 4 members (excludes halogenated alkanes) is 12. The summed E-state index contributed by atoms with van der Waals surface area (Å²) in [6.45, 7) is 5.38. The van der Waals surface area contributed by atoms with Gasteiger partial charge in [0.2, 0.25) is 0 Å². The maximum Gasteiger partial charge on any atom is 0.472 e. The number of nitrogens with zero attached hydrogens (tertiary/aromatic N) is 1. The second-order valence-electron chi connectivity index (χ2n) is 16.4. The molecule has 0 aliphatic carbocycles. The number of ether oxygens (including phenoxy) is 2. The van der Waals surface area contributed by atoms with E-state index in [0.29, 0.717) is 24.1 Å². The Morgan fingerprint density at radius 1 is 0.533 bits per heavy atom. The van der Waals surface area contributed by atoms with Gasteiger partial charge in [-0.3, -0.25) is 13.8 Å². The highest BCUT2D eigenvalue weighted by atomic mass is 31.2. The van der Waals surface area contributed by atoms with Crippen LogP contribution in [-0.4, -0.2) is 75.6 Å². The Balaban J connectivity index is 4.24. The molecule has 60 heavy (non-hydrogen) atoms. The molecule has 0 saturated heterocycles. The Morgan fingerprint density at radius 3 is 1.47 bits per heavy atom. The van der Waals surface area contributed by atoms with Crippen molar-refractivity contribution in [3.8, 4) is 0 Å². The molecule has 0 aromatic heterocycles. The second kappa shape index (κ2) is 43.1. The molecule has 0 heterocycles. The van der Waals surface area contributed by atoms with Crippen molar-refractivity contribution in [1.29, 1.82) is 0 Å². The van der Waals surface area contributed by atoms with Gasteiger partial charge in [-0.2, -0.15) is 0 Å². The molecule has 2 unspecified atom stereocenters. The van der Waals surface area contributed by atoms with Crippen molar-refractivity contribution in [2.75, 3.05) is 54.1 Å². The molecule has 0 aromatic rings. The van der Waals surface area contributed by atoms with Crippen LogP contribution in [0.1, 0.15) is 162 Å². The monoisotopic (exact) mass is 859 g/mol. The van der Waals surface area contributed by atoms with Gasteiger partial charge in [-0.25, -0.2) is 4.57 Å². The first kappa shape index (κ1) is 57.4. The Kier molecular flexibility index (Phi) is 41.2. The first-order chi connectivity index (χ1) is 29.1. The molecule has 2 atom stereocenters. The molecule has 1 N–H and O–H groups in total. The molecule has 0 amide bonds. The van der Waals surface area contributed by atoms with Gasteiger partial charge in [0.1, 0.15) is 19.3 Å². The molecule has 0 spiro atoms. The van der Waals surface area contributed by atoms with Crippen molar-refractivity contribution in [3.05, 3.63) is 97.2 Å². The smallest absolute Gasteiger partial charge is 0.457 e. The van der Waals surface area contributed by atoms with E-state index >= 15 is 0 Å². The van der Waals surface area contributed by atoms with E-state index in [4.69, 9.17) is 18.5 Å². The van der Waals surface area contributed by atoms with Crippen LogP contribution in [0.2, 0.25) is 0 Å². The number of hydrogen-bond donors (Lipinski definition) is 1. The fourth-order valence-corrected chi connectivity index (χ4v) is 6.50. The van der Waals surface area contributed by atoms with Crippen LogP contribution < -0.4 is 0 Å². The Labute approximate surface area is 368 Å². The van der Waals surface area contributed by atoms with E-state index in [1.54, 1.807) is 0 Å². The Morgan fingerprint density at radius 2 is 0.967 bits per heavy atom. The number of quaternary nitrogens is 1. The Hall–Kier alpha value is -2.58. The van der Waals surface area contributed by atoms with Crippen LogP contribution in [0.3, 0.4) is 0 Å². The van der Waals surface area contributed by atoms with Crippen molar-refractivity contribution < 1.29 is 37.3 Å². The molecular weight excluding hydrogens is 770 g/mol. The molecule has 0 radical (unpaired) electrons. The number of carbonyl (C=O) groups is 1. The third-order valence-electron chi connectivity index (χ3n) is 9.38. The number of phosphoric acid groups is 1. The van der Waals surface area contributed by atoms with E-state index in [0.717, 1.165) is 109 Å². The van der Waals surface area contributed by atoms with Crippen molar-refractivity contribution in [3.63, 3.8) is 0 Å². The molecule has 0 bridgehead atoms. The third kappa shape index (κ3) is 46.5. The van der Waals surface area contributed by atoms with Crippen molar-refractivity contribution in [2.45, 2.75) is 168 Å². The highest BCUT2D eigenvalue weighted by Gasteiger charge is 2.26. The zero-order valence-corrected chi connectivity index (χ0v) is 39.8. The number of likely N-dealkylation sites (N-methyl/N-ethyl adjacent to an activating group) is 1. The van der Waals surface area contributed by atoms with E-state index in [9.17, 15) is 14.3 Å². The molecule has 344 valence electrons. The summed E-state index contributed by atoms with van der Waals surface area (Å²) in [5.41, 5.74) is 0. The number of rotatable bonds is 42. The summed E-state index contributed by atoms with van der Waals surface area (Å²) >= 11 is 0. The zero-order chi connectivity index (χ0) is 44.1. The zero-order valence-electron chi connectivity index (χ0n) is 38.9. The predicted molar refractivity (Wildman–Crippen MR) is 256 cm³/mol. The van der Waals surface area contributed by atoms with Gasteiger partial charge in [0, 0.05) is 13.0 Å². The van der Waals surface area contributed by atoms with Crippen LogP contribution in [0, 0.1) is 0 Å². The summed E-state index contributed by atoms with van der Waals surface area (Å²) < 4.78 is 35.0. The molecule has 0 aliphatic heterocycles. The molecule has 0 aliphatic rings. The van der Waals surface area contributed by atoms with Gasteiger partial charge >= 0.3 is 13.8 Å². The predicted octanol–water partition coefficient (Wildman–Crippen LogP) is 14.2. The molecule has 8 nitrogen and oxygen atoms in total. The minimum atomic E-state index is -4.29. The van der Waals surface area contributed by atoms with Gasteiger partial charge < -0.3 is 18.9 Å². The largest absolute Gasteiger partial charge is 0.472 e. The highest BCUT2D eigenvalue weighted by Crippen LogP contribution is 2.43. The lowest BCUT2D eigenvalue weighted by molar-refractivity contribution is -0.870. The molecule has 0 saturated carbocycles. The van der Waals surface area contributed by atoms with E-state index in [-0.39, 0.29) is 25.8 Å². The molecule has 0 rings (SSSR count). The van der Waals surface area contributed by atoms with Gasteiger partial charge in [0.25, 0.3) is 0 Å². The first-order valence-electron chi connectivity index (χ1n) is 23.5. The third-order valence-corrected chi connectivity index (χ3v) is 10.4. The first-order valence-corrected chi connectivity index (χ1v) is 25.0. The van der Waals surface area contributed by atoms with Crippen LogP contribution in [0.25, 0.3) is 0 Å². The summed E-state index contributed by atoms with van der Waals surface area (Å²) in [5.74, 6) is -0.338. The average molecular weight is 859 g/mol. The molecule has 0 aromatic carbocycles. The van der Waals surface area contributed by atoms with E-state index in [1.807, 2.05) is 21.1 Å². The van der Waals surface area contributed by atoms with Gasteiger partial charge in [-0.15, -0.1) is 0 Å². The lowest BCUT2D eigenvalue weighted by atomic mass is 10.1. The fourth-order valence-electron chi connectivity index (χ4n) is 5.76. The molecule has 9 heteroatoms. The normalized spacial score (nSPS) is 14.6. The summed E-state index contributed by atoms with van der Waals surface area (Å²) in [4.78, 5) is 22.9. The van der Waals surface area contributed by atoms with Gasteiger partial charge in [-0.05, 0) is 96.3 Å². The maximum absolute atomic E-state index is 12.7. The Bertz CT molecular complexity index is 1270. The number of phosphoric ester groups is 1. The second-order valence-corrected chi connectivity index (χ2v) is 17.9. The van der Waals surface area contributed by atoms with Gasteiger partial charge in [-0.1, -0.05) is 156 Å². The lowest BCUT2D eigenvalue weighted by Gasteiger charge is -2.24. The maximum atomic E-state index is 12.7. The van der Waals surface area contributed by atoms with Crippen molar-refractivity contribution in [1.82, 2.24) is 0 Å². The lowest BCUT2D eigenvalue weighted by Crippen LogP contribution is -2.37. The number of carbonyl (C=O) groups excluding carboxylic acids is 1. The van der Waals surface area contributed by atoms with Gasteiger partial charge in [0.15, 0.2) is 0 Å². The van der Waals surface area contributed by atoms with Crippen LogP contribution in [0.4, 0.5) is 0 Å².